The number of fused-ring (bicyclic) bond motifs is 1. The van der Waals surface area contributed by atoms with E-state index in [1.165, 1.54) is 0 Å². The number of nitrogen functional groups attached to an aromatic ring is 1. The summed E-state index contributed by atoms with van der Waals surface area (Å²) in [6, 6.07) is 3.10. The Balaban J connectivity index is 2.14. The summed E-state index contributed by atoms with van der Waals surface area (Å²) in [5.41, 5.74) is 7.13. The van der Waals surface area contributed by atoms with Gasteiger partial charge in [-0.3, -0.25) is 4.79 Å². The Hall–Kier alpha value is -2.11. The van der Waals surface area contributed by atoms with Crippen LogP contribution in [0.2, 0.25) is 0 Å². The van der Waals surface area contributed by atoms with Crippen LogP contribution in [-0.4, -0.2) is 31.7 Å². The van der Waals surface area contributed by atoms with Crippen molar-refractivity contribution < 1.29 is 14.3 Å². The van der Waals surface area contributed by atoms with E-state index in [0.717, 1.165) is 0 Å². The Morgan fingerprint density at radius 2 is 2.00 bits per heavy atom. The molecule has 1 atom stereocenters. The van der Waals surface area contributed by atoms with Crippen molar-refractivity contribution in [3.8, 4) is 11.5 Å². The number of carbonyl (C=O) groups is 1. The number of likely N-dealkylation sites (N-methyl/N-ethyl adjacent to an activating group) is 1. The van der Waals surface area contributed by atoms with Gasteiger partial charge in [-0.05, 0) is 13.8 Å². The Morgan fingerprint density at radius 1 is 1.37 bits per heavy atom. The predicted octanol–water partition coefficient (Wildman–Crippen LogP) is 0.976. The average molecular weight is 265 g/mol. The molecule has 104 valence electrons. The topological polar surface area (TPSA) is 85.6 Å². The van der Waals surface area contributed by atoms with Crippen molar-refractivity contribution in [1.82, 2.24) is 5.32 Å². The molecule has 0 spiro atoms. The Morgan fingerprint density at radius 3 is 2.63 bits per heavy atom. The fourth-order valence-corrected chi connectivity index (χ4v) is 1.86. The van der Waals surface area contributed by atoms with Crippen LogP contribution in [0.15, 0.2) is 12.1 Å². The van der Waals surface area contributed by atoms with Crippen molar-refractivity contribution >= 4 is 17.3 Å². The molecule has 0 saturated carbocycles. The smallest absolute Gasteiger partial charge is 0.242 e. The largest absolute Gasteiger partial charge is 0.486 e. The minimum absolute atomic E-state index is 0.0724. The molecule has 19 heavy (non-hydrogen) atoms. The van der Waals surface area contributed by atoms with E-state index in [1.807, 2.05) is 6.92 Å². The molecular weight excluding hydrogens is 246 g/mol. The fraction of sp³-hybridized carbons (Fsp3) is 0.462. The molecular formula is C13H19N3O3. The summed E-state index contributed by atoms with van der Waals surface area (Å²) < 4.78 is 10.9. The van der Waals surface area contributed by atoms with Gasteiger partial charge in [0.2, 0.25) is 5.91 Å². The van der Waals surface area contributed by atoms with Gasteiger partial charge in [-0.2, -0.15) is 0 Å². The summed E-state index contributed by atoms with van der Waals surface area (Å²) in [5, 5.41) is 5.82. The van der Waals surface area contributed by atoms with E-state index >= 15 is 0 Å². The standard InChI is InChI=1S/C13H19N3O3/c1-3-15-13(17)8(2)16-10-7-12-11(6-9(10)14)18-4-5-19-12/h6-8,16H,3-5,14H2,1-2H3,(H,15,17). The van der Waals surface area contributed by atoms with Crippen molar-refractivity contribution in [2.75, 3.05) is 30.8 Å². The summed E-state index contributed by atoms with van der Waals surface area (Å²) in [6.45, 7) is 5.29. The fourth-order valence-electron chi connectivity index (χ4n) is 1.86. The van der Waals surface area contributed by atoms with Crippen molar-refractivity contribution in [2.45, 2.75) is 19.9 Å². The molecule has 1 amide bonds. The maximum absolute atomic E-state index is 11.7. The summed E-state index contributed by atoms with van der Waals surface area (Å²) >= 11 is 0. The van der Waals surface area contributed by atoms with Gasteiger partial charge in [0.1, 0.15) is 19.3 Å². The Kier molecular flexibility index (Phi) is 3.99. The number of hydrogen-bond donors (Lipinski definition) is 3. The number of nitrogens with two attached hydrogens (primary N) is 1. The molecule has 0 saturated heterocycles. The van der Waals surface area contributed by atoms with Crippen LogP contribution in [-0.2, 0) is 4.79 Å². The molecule has 0 aliphatic carbocycles. The third-order valence-corrected chi connectivity index (χ3v) is 2.83. The zero-order valence-electron chi connectivity index (χ0n) is 11.2. The lowest BCUT2D eigenvalue weighted by molar-refractivity contribution is -0.121. The number of ether oxygens (including phenoxy) is 2. The van der Waals surface area contributed by atoms with Gasteiger partial charge in [0.05, 0.1) is 11.4 Å². The van der Waals surface area contributed by atoms with Crippen molar-refractivity contribution in [3.05, 3.63) is 12.1 Å². The number of benzene rings is 1. The highest BCUT2D eigenvalue weighted by molar-refractivity contribution is 5.86. The summed E-state index contributed by atoms with van der Waals surface area (Å²) in [7, 11) is 0. The first-order chi connectivity index (χ1) is 9.11. The normalized spacial score (nSPS) is 14.6. The molecule has 0 bridgehead atoms. The highest BCUT2D eigenvalue weighted by atomic mass is 16.6. The van der Waals surface area contributed by atoms with Gasteiger partial charge in [-0.25, -0.2) is 0 Å². The van der Waals surface area contributed by atoms with Crippen molar-refractivity contribution in [1.29, 1.82) is 0 Å². The van der Waals surface area contributed by atoms with Crippen LogP contribution in [0.1, 0.15) is 13.8 Å². The lowest BCUT2D eigenvalue weighted by Gasteiger charge is -2.22. The van der Waals surface area contributed by atoms with E-state index in [9.17, 15) is 4.79 Å². The second-order valence-corrected chi connectivity index (χ2v) is 4.34. The molecule has 1 heterocycles. The third-order valence-electron chi connectivity index (χ3n) is 2.83. The molecule has 4 N–H and O–H groups in total. The van der Waals surface area contributed by atoms with Gasteiger partial charge >= 0.3 is 0 Å². The predicted molar refractivity (Wildman–Crippen MR) is 73.6 cm³/mol. The number of carbonyl (C=O) groups excluding carboxylic acids is 1. The monoisotopic (exact) mass is 265 g/mol. The molecule has 0 aromatic heterocycles. The van der Waals surface area contributed by atoms with Gasteiger partial charge in [-0.15, -0.1) is 0 Å². The number of nitrogens with one attached hydrogen (secondary N) is 2. The second-order valence-electron chi connectivity index (χ2n) is 4.34. The van der Waals surface area contributed by atoms with E-state index in [2.05, 4.69) is 10.6 Å². The third kappa shape index (κ3) is 3.01. The maximum Gasteiger partial charge on any atom is 0.242 e. The molecule has 1 aromatic rings. The van der Waals surface area contributed by atoms with E-state index in [0.29, 0.717) is 42.6 Å². The molecule has 0 fully saturated rings. The molecule has 0 radical (unpaired) electrons. The molecule has 1 aliphatic heterocycles. The lowest BCUT2D eigenvalue weighted by Crippen LogP contribution is -2.37. The number of amides is 1. The van der Waals surface area contributed by atoms with E-state index in [4.69, 9.17) is 15.2 Å². The zero-order valence-corrected chi connectivity index (χ0v) is 11.2. The Labute approximate surface area is 112 Å². The van der Waals surface area contributed by atoms with Gasteiger partial charge in [0, 0.05) is 18.7 Å². The summed E-state index contributed by atoms with van der Waals surface area (Å²) in [5.74, 6) is 1.21. The highest BCUT2D eigenvalue weighted by Gasteiger charge is 2.17. The first-order valence-electron chi connectivity index (χ1n) is 6.35. The van der Waals surface area contributed by atoms with Gasteiger partial charge in [0.15, 0.2) is 11.5 Å². The number of hydrogen-bond acceptors (Lipinski definition) is 5. The van der Waals surface area contributed by atoms with Crippen LogP contribution in [0.3, 0.4) is 0 Å². The summed E-state index contributed by atoms with van der Waals surface area (Å²) in [6.07, 6.45) is 0. The van der Waals surface area contributed by atoms with Crippen LogP contribution >= 0.6 is 0 Å². The van der Waals surface area contributed by atoms with E-state index < -0.39 is 0 Å². The lowest BCUT2D eigenvalue weighted by atomic mass is 10.2. The number of anilines is 2. The van der Waals surface area contributed by atoms with Crippen molar-refractivity contribution in [3.63, 3.8) is 0 Å². The minimum atomic E-state index is -0.371. The quantitative estimate of drug-likeness (QED) is 0.706. The van der Waals surface area contributed by atoms with Gasteiger partial charge in [0.25, 0.3) is 0 Å². The van der Waals surface area contributed by atoms with E-state index in [1.54, 1.807) is 19.1 Å². The van der Waals surface area contributed by atoms with Crippen LogP contribution < -0.4 is 25.8 Å². The zero-order chi connectivity index (χ0) is 13.8. The van der Waals surface area contributed by atoms with Crippen LogP contribution in [0.25, 0.3) is 0 Å². The van der Waals surface area contributed by atoms with Gasteiger partial charge < -0.3 is 25.8 Å². The SMILES string of the molecule is CCNC(=O)C(C)Nc1cc2c(cc1N)OCCO2. The van der Waals surface area contributed by atoms with E-state index in [-0.39, 0.29) is 11.9 Å². The highest BCUT2D eigenvalue weighted by Crippen LogP contribution is 2.37. The maximum atomic E-state index is 11.7. The van der Waals surface area contributed by atoms with Crippen LogP contribution in [0, 0.1) is 0 Å². The summed E-state index contributed by atoms with van der Waals surface area (Å²) in [4.78, 5) is 11.7. The molecule has 1 aromatic carbocycles. The number of rotatable bonds is 4. The molecule has 1 unspecified atom stereocenters. The van der Waals surface area contributed by atoms with Crippen LogP contribution in [0.4, 0.5) is 11.4 Å². The molecule has 6 heteroatoms. The molecule has 1 aliphatic rings. The first-order valence-corrected chi connectivity index (χ1v) is 6.35. The molecule has 2 rings (SSSR count). The second kappa shape index (κ2) is 5.69. The average Bonchev–Trinajstić information content (AvgIpc) is 2.39. The first kappa shape index (κ1) is 13.3. The minimum Gasteiger partial charge on any atom is -0.486 e. The van der Waals surface area contributed by atoms with Crippen molar-refractivity contribution in [2.24, 2.45) is 0 Å². The van der Waals surface area contributed by atoms with Gasteiger partial charge in [-0.1, -0.05) is 0 Å². The Bertz CT molecular complexity index is 476. The molecule has 6 nitrogen and oxygen atoms in total. The van der Waals surface area contributed by atoms with Crippen LogP contribution in [0.5, 0.6) is 11.5 Å².